The molecule has 4 rings (SSSR count). The second-order valence-electron chi connectivity index (χ2n) is 12.5. The molecule has 0 heterocycles. The lowest BCUT2D eigenvalue weighted by Crippen LogP contribution is -2.53. The number of aliphatic hydroxyl groups excluding tert-OH is 1. The molecule has 0 amide bonds. The van der Waals surface area contributed by atoms with Gasteiger partial charge in [-0.15, -0.1) is 0 Å². The quantitative estimate of drug-likeness (QED) is 0.540. The standard InChI is InChI=1S/C28H44O3/c1-17(2)18(3)9-14-28(6,31)25-24(30)16-23-21-8-7-19-15-20(29)10-12-26(19,4)22(21)11-13-27(23,25)5/h7,17,20-23,25,29,31H,3,8-16H2,1-2,4-6H3/t20-,21?,22?,23?,25-,26-,27-,28-/m0/s1. The minimum absolute atomic E-state index is 0.114. The van der Waals surface area contributed by atoms with Crippen LogP contribution in [0.2, 0.25) is 0 Å². The molecule has 3 unspecified atom stereocenters. The van der Waals surface area contributed by atoms with E-state index < -0.39 is 5.60 Å². The van der Waals surface area contributed by atoms with Crippen LogP contribution < -0.4 is 0 Å². The molecule has 0 spiro atoms. The maximum absolute atomic E-state index is 13.4. The molecule has 174 valence electrons. The van der Waals surface area contributed by atoms with Crippen molar-refractivity contribution in [2.75, 3.05) is 0 Å². The summed E-state index contributed by atoms with van der Waals surface area (Å²) in [5, 5.41) is 21.8. The molecule has 4 aliphatic carbocycles. The predicted molar refractivity (Wildman–Crippen MR) is 125 cm³/mol. The molecule has 8 atom stereocenters. The molecule has 3 nitrogen and oxygen atoms in total. The summed E-state index contributed by atoms with van der Waals surface area (Å²) >= 11 is 0. The summed E-state index contributed by atoms with van der Waals surface area (Å²) in [4.78, 5) is 13.4. The Morgan fingerprint density at radius 2 is 1.94 bits per heavy atom. The van der Waals surface area contributed by atoms with E-state index in [1.807, 2.05) is 6.92 Å². The van der Waals surface area contributed by atoms with Gasteiger partial charge in [0.1, 0.15) is 5.78 Å². The van der Waals surface area contributed by atoms with Crippen molar-refractivity contribution in [2.24, 2.45) is 40.4 Å². The Morgan fingerprint density at radius 1 is 1.23 bits per heavy atom. The fraction of sp³-hybridized carbons (Fsp3) is 0.821. The van der Waals surface area contributed by atoms with Crippen LogP contribution in [0.5, 0.6) is 0 Å². The number of fused-ring (bicyclic) bond motifs is 5. The number of carbonyl (C=O) groups excluding carboxylic acids is 1. The molecule has 3 heteroatoms. The number of aliphatic hydroxyl groups is 2. The third kappa shape index (κ3) is 3.68. The van der Waals surface area contributed by atoms with Crippen LogP contribution in [0.15, 0.2) is 23.8 Å². The van der Waals surface area contributed by atoms with Crippen molar-refractivity contribution in [3.8, 4) is 0 Å². The van der Waals surface area contributed by atoms with Crippen LogP contribution in [0.25, 0.3) is 0 Å². The van der Waals surface area contributed by atoms with E-state index in [4.69, 9.17) is 0 Å². The summed E-state index contributed by atoms with van der Waals surface area (Å²) in [5.41, 5.74) is 1.73. The van der Waals surface area contributed by atoms with E-state index >= 15 is 0 Å². The molecule has 3 saturated carbocycles. The third-order valence-corrected chi connectivity index (χ3v) is 10.3. The van der Waals surface area contributed by atoms with Crippen LogP contribution in [0.4, 0.5) is 0 Å². The molecular formula is C28H44O3. The first-order valence-corrected chi connectivity index (χ1v) is 12.7. The number of rotatable bonds is 5. The lowest BCUT2D eigenvalue weighted by Gasteiger charge is -2.58. The first-order chi connectivity index (χ1) is 14.4. The molecule has 0 aromatic rings. The molecule has 0 aromatic heterocycles. The number of allylic oxidation sites excluding steroid dienone is 2. The fourth-order valence-electron chi connectivity index (χ4n) is 8.34. The van der Waals surface area contributed by atoms with Crippen LogP contribution >= 0.6 is 0 Å². The molecule has 0 bridgehead atoms. The van der Waals surface area contributed by atoms with Gasteiger partial charge in [0, 0.05) is 6.42 Å². The van der Waals surface area contributed by atoms with Crippen LogP contribution in [0.1, 0.15) is 92.4 Å². The highest BCUT2D eigenvalue weighted by Crippen LogP contribution is 2.67. The fourth-order valence-corrected chi connectivity index (χ4v) is 8.34. The van der Waals surface area contributed by atoms with Gasteiger partial charge in [0.2, 0.25) is 0 Å². The lowest BCUT2D eigenvalue weighted by molar-refractivity contribution is -0.138. The molecule has 2 N–H and O–H groups in total. The highest BCUT2D eigenvalue weighted by Gasteiger charge is 2.64. The maximum Gasteiger partial charge on any atom is 0.139 e. The second kappa shape index (κ2) is 7.83. The highest BCUT2D eigenvalue weighted by molar-refractivity contribution is 5.86. The van der Waals surface area contributed by atoms with Crippen LogP contribution in [-0.4, -0.2) is 27.7 Å². The van der Waals surface area contributed by atoms with Gasteiger partial charge in [-0.1, -0.05) is 51.5 Å². The minimum Gasteiger partial charge on any atom is -0.393 e. The molecule has 0 saturated heterocycles. The van der Waals surface area contributed by atoms with Gasteiger partial charge >= 0.3 is 0 Å². The Hall–Kier alpha value is -0.930. The number of hydrogen-bond acceptors (Lipinski definition) is 3. The monoisotopic (exact) mass is 428 g/mol. The Kier molecular flexibility index (Phi) is 5.87. The topological polar surface area (TPSA) is 57.5 Å². The number of ketones is 1. The molecule has 0 aromatic carbocycles. The summed E-state index contributed by atoms with van der Waals surface area (Å²) in [5.74, 6) is 1.93. The maximum atomic E-state index is 13.4. The first kappa shape index (κ1) is 23.2. The minimum atomic E-state index is -0.972. The van der Waals surface area contributed by atoms with Gasteiger partial charge in [-0.2, -0.15) is 0 Å². The van der Waals surface area contributed by atoms with Gasteiger partial charge in [0.15, 0.2) is 0 Å². The molecule has 0 aliphatic heterocycles. The van der Waals surface area contributed by atoms with E-state index in [0.29, 0.717) is 36.5 Å². The number of carbonyl (C=O) groups is 1. The van der Waals surface area contributed by atoms with Crippen molar-refractivity contribution in [3.63, 3.8) is 0 Å². The largest absolute Gasteiger partial charge is 0.393 e. The predicted octanol–water partition coefficient (Wildman–Crippen LogP) is 5.85. The lowest BCUT2D eigenvalue weighted by atomic mass is 9.46. The van der Waals surface area contributed by atoms with Gasteiger partial charge in [0.25, 0.3) is 0 Å². The zero-order chi connectivity index (χ0) is 22.8. The van der Waals surface area contributed by atoms with Gasteiger partial charge in [-0.25, -0.2) is 0 Å². The average Bonchev–Trinajstić information content (AvgIpc) is 2.97. The summed E-state index contributed by atoms with van der Waals surface area (Å²) in [7, 11) is 0. The van der Waals surface area contributed by atoms with Crippen molar-refractivity contribution in [1.29, 1.82) is 0 Å². The van der Waals surface area contributed by atoms with Crippen LogP contribution in [0.3, 0.4) is 0 Å². The summed E-state index contributed by atoms with van der Waals surface area (Å²) in [6.07, 6.45) is 10.3. The third-order valence-electron chi connectivity index (χ3n) is 10.3. The molecule has 31 heavy (non-hydrogen) atoms. The Bertz CT molecular complexity index is 777. The molecule has 3 fully saturated rings. The van der Waals surface area contributed by atoms with Crippen LogP contribution in [-0.2, 0) is 4.79 Å². The Morgan fingerprint density at radius 3 is 2.61 bits per heavy atom. The van der Waals surface area contributed by atoms with E-state index in [2.05, 4.69) is 40.3 Å². The van der Waals surface area contributed by atoms with E-state index in [0.717, 1.165) is 50.5 Å². The second-order valence-corrected chi connectivity index (χ2v) is 12.5. The van der Waals surface area contributed by atoms with Gasteiger partial charge in [-0.05, 0) is 92.8 Å². The normalized spacial score (nSPS) is 44.2. The summed E-state index contributed by atoms with van der Waals surface area (Å²) in [6, 6.07) is 0. The highest BCUT2D eigenvalue weighted by atomic mass is 16.3. The summed E-state index contributed by atoms with van der Waals surface area (Å²) in [6.45, 7) is 15.1. The van der Waals surface area contributed by atoms with E-state index in [1.165, 1.54) is 5.57 Å². The molecule has 4 aliphatic rings. The van der Waals surface area contributed by atoms with Crippen molar-refractivity contribution < 1.29 is 15.0 Å². The molecular weight excluding hydrogens is 384 g/mol. The zero-order valence-electron chi connectivity index (χ0n) is 20.4. The number of Topliss-reactive ketones (excluding diaryl/α,β-unsaturated/α-hetero) is 1. The van der Waals surface area contributed by atoms with E-state index in [-0.39, 0.29) is 28.6 Å². The van der Waals surface area contributed by atoms with Crippen molar-refractivity contribution in [1.82, 2.24) is 0 Å². The van der Waals surface area contributed by atoms with E-state index in [9.17, 15) is 15.0 Å². The smallest absolute Gasteiger partial charge is 0.139 e. The molecule has 0 radical (unpaired) electrons. The SMILES string of the molecule is C=C(CC[C@](C)(O)[C@H]1C(=O)CC2C3CC=C4C[C@@H](O)CC[C@]4(C)C3CC[C@@]21C)C(C)C. The van der Waals surface area contributed by atoms with Gasteiger partial charge < -0.3 is 10.2 Å². The van der Waals surface area contributed by atoms with Crippen LogP contribution in [0, 0.1) is 40.4 Å². The van der Waals surface area contributed by atoms with Crippen molar-refractivity contribution in [3.05, 3.63) is 23.8 Å². The van der Waals surface area contributed by atoms with E-state index in [1.54, 1.807) is 0 Å². The first-order valence-electron chi connectivity index (χ1n) is 12.7. The Balaban J connectivity index is 1.58. The number of hydrogen-bond donors (Lipinski definition) is 2. The summed E-state index contributed by atoms with van der Waals surface area (Å²) < 4.78 is 0. The average molecular weight is 429 g/mol. The Labute approximate surface area is 189 Å². The van der Waals surface area contributed by atoms with Gasteiger partial charge in [0.05, 0.1) is 17.6 Å². The van der Waals surface area contributed by atoms with Gasteiger partial charge in [-0.3, -0.25) is 4.79 Å². The van der Waals surface area contributed by atoms with Crippen molar-refractivity contribution in [2.45, 2.75) is 104 Å². The van der Waals surface area contributed by atoms with Crippen molar-refractivity contribution >= 4 is 5.78 Å². The zero-order valence-corrected chi connectivity index (χ0v) is 20.4.